The number of hydrogen-bond donors (Lipinski definition) is 1. The molecule has 0 unspecified atom stereocenters. The molecule has 23 heavy (non-hydrogen) atoms. The first-order valence-corrected chi connectivity index (χ1v) is 7.51. The standard InChI is InChI=1S/C17H19N3O3/c1-22-17-15(3-2-8-18-17)16(21)19-13-4-6-14(7-5-13)20-9-11-23-12-10-20/h2-8H,9-12H2,1H3,(H,19,21). The SMILES string of the molecule is COc1ncccc1C(=O)Nc1ccc(N2CCOCC2)cc1. The normalized spacial score (nSPS) is 14.4. The number of hydrogen-bond acceptors (Lipinski definition) is 5. The first-order chi connectivity index (χ1) is 11.3. The van der Waals surface area contributed by atoms with Crippen LogP contribution >= 0.6 is 0 Å². The molecule has 0 atom stereocenters. The Labute approximate surface area is 135 Å². The van der Waals surface area contributed by atoms with Crippen LogP contribution in [0.15, 0.2) is 42.6 Å². The van der Waals surface area contributed by atoms with Crippen molar-refractivity contribution in [3.8, 4) is 5.88 Å². The average molecular weight is 313 g/mol. The van der Waals surface area contributed by atoms with Gasteiger partial charge < -0.3 is 19.7 Å². The van der Waals surface area contributed by atoms with E-state index in [2.05, 4.69) is 15.2 Å². The number of ether oxygens (including phenoxy) is 2. The van der Waals surface area contributed by atoms with Crippen molar-refractivity contribution >= 4 is 17.3 Å². The number of benzene rings is 1. The first-order valence-electron chi connectivity index (χ1n) is 7.51. The summed E-state index contributed by atoms with van der Waals surface area (Å²) in [7, 11) is 1.50. The fourth-order valence-electron chi connectivity index (χ4n) is 2.50. The fraction of sp³-hybridized carbons (Fsp3) is 0.294. The minimum atomic E-state index is -0.242. The van der Waals surface area contributed by atoms with Crippen molar-refractivity contribution in [2.45, 2.75) is 0 Å². The van der Waals surface area contributed by atoms with E-state index in [0.717, 1.165) is 37.7 Å². The second kappa shape index (κ2) is 7.11. The summed E-state index contributed by atoms with van der Waals surface area (Å²) < 4.78 is 10.5. The summed E-state index contributed by atoms with van der Waals surface area (Å²) >= 11 is 0. The Balaban J connectivity index is 1.69. The van der Waals surface area contributed by atoms with Crippen LogP contribution in [0.4, 0.5) is 11.4 Å². The monoisotopic (exact) mass is 313 g/mol. The zero-order chi connectivity index (χ0) is 16.1. The van der Waals surface area contributed by atoms with Crippen LogP contribution in [-0.2, 0) is 4.74 Å². The Morgan fingerprint density at radius 3 is 2.65 bits per heavy atom. The number of carbonyl (C=O) groups excluding carboxylic acids is 1. The molecule has 0 saturated carbocycles. The number of rotatable bonds is 4. The highest BCUT2D eigenvalue weighted by molar-refractivity contribution is 6.05. The maximum Gasteiger partial charge on any atom is 0.261 e. The molecule has 1 aromatic heterocycles. The molecule has 0 radical (unpaired) electrons. The molecule has 1 N–H and O–H groups in total. The number of anilines is 2. The van der Waals surface area contributed by atoms with E-state index in [-0.39, 0.29) is 5.91 Å². The summed E-state index contributed by atoms with van der Waals surface area (Å²) in [5.74, 6) is 0.0732. The molecule has 0 bridgehead atoms. The molecule has 1 aliphatic heterocycles. The third kappa shape index (κ3) is 3.60. The maximum atomic E-state index is 12.3. The van der Waals surface area contributed by atoms with Crippen molar-refractivity contribution in [2.24, 2.45) is 0 Å². The summed E-state index contributed by atoms with van der Waals surface area (Å²) in [6, 6.07) is 11.2. The average Bonchev–Trinajstić information content (AvgIpc) is 2.63. The molecule has 6 heteroatoms. The number of morpholine rings is 1. The molecule has 1 aromatic carbocycles. The second-order valence-electron chi connectivity index (χ2n) is 5.16. The molecule has 1 saturated heterocycles. The smallest absolute Gasteiger partial charge is 0.261 e. The first kappa shape index (κ1) is 15.3. The third-order valence-corrected chi connectivity index (χ3v) is 3.71. The Morgan fingerprint density at radius 2 is 1.96 bits per heavy atom. The van der Waals surface area contributed by atoms with Gasteiger partial charge in [-0.3, -0.25) is 4.79 Å². The van der Waals surface area contributed by atoms with Crippen molar-refractivity contribution < 1.29 is 14.3 Å². The van der Waals surface area contributed by atoms with Gasteiger partial charge >= 0.3 is 0 Å². The topological polar surface area (TPSA) is 63.7 Å². The zero-order valence-electron chi connectivity index (χ0n) is 13.0. The van der Waals surface area contributed by atoms with Crippen LogP contribution in [0.5, 0.6) is 5.88 Å². The van der Waals surface area contributed by atoms with E-state index >= 15 is 0 Å². The Hall–Kier alpha value is -2.60. The van der Waals surface area contributed by atoms with Crippen LogP contribution in [0, 0.1) is 0 Å². The van der Waals surface area contributed by atoms with Gasteiger partial charge in [0.1, 0.15) is 5.56 Å². The van der Waals surface area contributed by atoms with Crippen LogP contribution in [0.3, 0.4) is 0 Å². The van der Waals surface area contributed by atoms with Gasteiger partial charge in [-0.15, -0.1) is 0 Å². The lowest BCUT2D eigenvalue weighted by Gasteiger charge is -2.28. The zero-order valence-corrected chi connectivity index (χ0v) is 13.0. The summed E-state index contributed by atoms with van der Waals surface area (Å²) in [5.41, 5.74) is 2.27. The minimum Gasteiger partial charge on any atom is -0.480 e. The van der Waals surface area contributed by atoms with Crippen LogP contribution in [0.25, 0.3) is 0 Å². The highest BCUT2D eigenvalue weighted by atomic mass is 16.5. The van der Waals surface area contributed by atoms with E-state index in [0.29, 0.717) is 11.4 Å². The van der Waals surface area contributed by atoms with Gasteiger partial charge in [0.2, 0.25) is 5.88 Å². The summed E-state index contributed by atoms with van der Waals surface area (Å²) in [6.45, 7) is 3.27. The van der Waals surface area contributed by atoms with E-state index < -0.39 is 0 Å². The second-order valence-corrected chi connectivity index (χ2v) is 5.16. The molecular formula is C17H19N3O3. The third-order valence-electron chi connectivity index (χ3n) is 3.71. The van der Waals surface area contributed by atoms with Crippen molar-refractivity contribution in [1.82, 2.24) is 4.98 Å². The Bertz CT molecular complexity index is 667. The lowest BCUT2D eigenvalue weighted by molar-refractivity contribution is 0.102. The van der Waals surface area contributed by atoms with E-state index in [1.807, 2.05) is 24.3 Å². The molecule has 2 heterocycles. The van der Waals surface area contributed by atoms with Gasteiger partial charge in [-0.25, -0.2) is 4.98 Å². The molecule has 120 valence electrons. The van der Waals surface area contributed by atoms with E-state index in [1.165, 1.54) is 7.11 Å². The number of carbonyl (C=O) groups is 1. The van der Waals surface area contributed by atoms with Gasteiger partial charge in [0.15, 0.2) is 0 Å². The van der Waals surface area contributed by atoms with Gasteiger partial charge in [-0.2, -0.15) is 0 Å². The van der Waals surface area contributed by atoms with Crippen LogP contribution in [0.2, 0.25) is 0 Å². The van der Waals surface area contributed by atoms with Crippen molar-refractivity contribution in [1.29, 1.82) is 0 Å². The fourth-order valence-corrected chi connectivity index (χ4v) is 2.50. The molecule has 1 amide bonds. The largest absolute Gasteiger partial charge is 0.480 e. The lowest BCUT2D eigenvalue weighted by atomic mass is 10.2. The maximum absolute atomic E-state index is 12.3. The number of pyridine rings is 1. The van der Waals surface area contributed by atoms with Crippen molar-refractivity contribution in [2.75, 3.05) is 43.6 Å². The highest BCUT2D eigenvalue weighted by Gasteiger charge is 2.14. The molecule has 6 nitrogen and oxygen atoms in total. The van der Waals surface area contributed by atoms with Crippen LogP contribution < -0.4 is 15.0 Å². The molecule has 2 aromatic rings. The number of nitrogens with one attached hydrogen (secondary N) is 1. The van der Waals surface area contributed by atoms with E-state index in [1.54, 1.807) is 18.3 Å². The van der Waals surface area contributed by atoms with E-state index in [4.69, 9.17) is 9.47 Å². The quantitative estimate of drug-likeness (QED) is 0.937. The van der Waals surface area contributed by atoms with E-state index in [9.17, 15) is 4.79 Å². The van der Waals surface area contributed by atoms with Gasteiger partial charge in [0.25, 0.3) is 5.91 Å². The lowest BCUT2D eigenvalue weighted by Crippen LogP contribution is -2.36. The predicted octanol–water partition coefficient (Wildman–Crippen LogP) is 2.18. The van der Waals surface area contributed by atoms with Crippen molar-refractivity contribution in [3.05, 3.63) is 48.2 Å². The van der Waals surface area contributed by atoms with Gasteiger partial charge in [0, 0.05) is 30.7 Å². The van der Waals surface area contributed by atoms with Gasteiger partial charge in [-0.1, -0.05) is 0 Å². The minimum absolute atomic E-state index is 0.242. The van der Waals surface area contributed by atoms with Gasteiger partial charge in [-0.05, 0) is 36.4 Å². The Kier molecular flexibility index (Phi) is 4.73. The summed E-state index contributed by atoms with van der Waals surface area (Å²) in [5, 5.41) is 2.86. The Morgan fingerprint density at radius 1 is 1.22 bits per heavy atom. The summed E-state index contributed by atoms with van der Waals surface area (Å²) in [6.07, 6.45) is 1.59. The van der Waals surface area contributed by atoms with Crippen molar-refractivity contribution in [3.63, 3.8) is 0 Å². The molecule has 1 aliphatic rings. The molecule has 1 fully saturated rings. The molecule has 3 rings (SSSR count). The molecule has 0 spiro atoms. The predicted molar refractivity (Wildman–Crippen MR) is 88.2 cm³/mol. The summed E-state index contributed by atoms with van der Waals surface area (Å²) in [4.78, 5) is 18.6. The number of methoxy groups -OCH3 is 1. The highest BCUT2D eigenvalue weighted by Crippen LogP contribution is 2.21. The number of aromatic nitrogens is 1. The number of nitrogens with zero attached hydrogens (tertiary/aromatic N) is 2. The number of amides is 1. The molecule has 0 aliphatic carbocycles. The van der Waals surface area contributed by atoms with Crippen LogP contribution in [-0.4, -0.2) is 44.3 Å². The van der Waals surface area contributed by atoms with Crippen LogP contribution in [0.1, 0.15) is 10.4 Å². The molecular weight excluding hydrogens is 294 g/mol. The van der Waals surface area contributed by atoms with Gasteiger partial charge in [0.05, 0.1) is 20.3 Å².